The SMILES string of the molecule is O=[S@]1CCCS[C@@H]1C1CC1. The second kappa shape index (κ2) is 2.86. The van der Waals surface area contributed by atoms with Crippen LogP contribution in [0.2, 0.25) is 0 Å². The number of rotatable bonds is 1. The van der Waals surface area contributed by atoms with Gasteiger partial charge in [0, 0.05) is 16.6 Å². The molecule has 1 nitrogen and oxygen atoms in total. The first-order chi connectivity index (χ1) is 4.88. The van der Waals surface area contributed by atoms with E-state index in [1.54, 1.807) is 0 Å². The van der Waals surface area contributed by atoms with E-state index in [0.29, 0.717) is 4.58 Å². The van der Waals surface area contributed by atoms with Gasteiger partial charge in [-0.25, -0.2) is 0 Å². The second-order valence-electron chi connectivity index (χ2n) is 3.02. The van der Waals surface area contributed by atoms with Crippen LogP contribution in [0, 0.1) is 5.92 Å². The van der Waals surface area contributed by atoms with Crippen molar-refractivity contribution in [1.29, 1.82) is 0 Å². The van der Waals surface area contributed by atoms with Crippen molar-refractivity contribution in [3.8, 4) is 0 Å². The molecule has 1 aliphatic heterocycles. The summed E-state index contributed by atoms with van der Waals surface area (Å²) < 4.78 is 11.9. The number of hydrogen-bond acceptors (Lipinski definition) is 2. The Morgan fingerprint density at radius 1 is 1.40 bits per heavy atom. The van der Waals surface area contributed by atoms with Crippen LogP contribution in [0.15, 0.2) is 0 Å². The molecule has 0 N–H and O–H groups in total. The molecule has 2 atom stereocenters. The van der Waals surface area contributed by atoms with Gasteiger partial charge in [0.1, 0.15) is 0 Å². The van der Waals surface area contributed by atoms with Crippen molar-refractivity contribution in [2.24, 2.45) is 5.92 Å². The molecule has 0 aromatic carbocycles. The number of hydrogen-bond donors (Lipinski definition) is 0. The van der Waals surface area contributed by atoms with Crippen LogP contribution in [0.3, 0.4) is 0 Å². The molecular formula is C7H12OS2. The molecule has 1 saturated carbocycles. The molecule has 0 unspecified atom stereocenters. The average molecular weight is 176 g/mol. The fourth-order valence-electron chi connectivity index (χ4n) is 1.31. The van der Waals surface area contributed by atoms with Gasteiger partial charge >= 0.3 is 0 Å². The lowest BCUT2D eigenvalue weighted by molar-refractivity contribution is 0.673. The molecule has 0 bridgehead atoms. The summed E-state index contributed by atoms with van der Waals surface area (Å²) in [6.45, 7) is 0. The van der Waals surface area contributed by atoms with Crippen LogP contribution in [0.25, 0.3) is 0 Å². The van der Waals surface area contributed by atoms with Crippen LogP contribution in [-0.4, -0.2) is 20.3 Å². The van der Waals surface area contributed by atoms with Gasteiger partial charge in [-0.3, -0.25) is 4.21 Å². The third-order valence-corrected chi connectivity index (χ3v) is 5.92. The van der Waals surface area contributed by atoms with E-state index in [2.05, 4.69) is 0 Å². The van der Waals surface area contributed by atoms with Gasteiger partial charge in [0.2, 0.25) is 0 Å². The first kappa shape index (κ1) is 7.17. The molecule has 2 rings (SSSR count). The summed E-state index contributed by atoms with van der Waals surface area (Å²) in [7, 11) is -0.483. The molecule has 10 heavy (non-hydrogen) atoms. The molecule has 0 aromatic rings. The molecule has 1 heterocycles. The molecule has 3 heteroatoms. The predicted molar refractivity (Wildman–Crippen MR) is 46.6 cm³/mol. The zero-order chi connectivity index (χ0) is 6.97. The fourth-order valence-corrected chi connectivity index (χ4v) is 5.13. The smallest absolute Gasteiger partial charge is 0.0829 e. The molecule has 1 saturated heterocycles. The largest absolute Gasteiger partial charge is 0.258 e. The normalized spacial score (nSPS) is 41.6. The summed E-state index contributed by atoms with van der Waals surface area (Å²) in [4.78, 5) is 0. The van der Waals surface area contributed by atoms with Crippen LogP contribution in [-0.2, 0) is 10.8 Å². The monoisotopic (exact) mass is 176 g/mol. The highest BCUT2D eigenvalue weighted by Crippen LogP contribution is 2.42. The van der Waals surface area contributed by atoms with Crippen molar-refractivity contribution in [3.63, 3.8) is 0 Å². The summed E-state index contributed by atoms with van der Waals surface area (Å²) in [6, 6.07) is 0. The van der Waals surface area contributed by atoms with Crippen LogP contribution < -0.4 is 0 Å². The minimum absolute atomic E-state index is 0.483. The highest BCUT2D eigenvalue weighted by molar-refractivity contribution is 8.11. The molecular weight excluding hydrogens is 164 g/mol. The Morgan fingerprint density at radius 3 is 2.80 bits per heavy atom. The zero-order valence-corrected chi connectivity index (χ0v) is 7.55. The van der Waals surface area contributed by atoms with Gasteiger partial charge < -0.3 is 0 Å². The molecule has 0 radical (unpaired) electrons. The fraction of sp³-hybridized carbons (Fsp3) is 1.00. The van der Waals surface area contributed by atoms with E-state index in [1.165, 1.54) is 25.0 Å². The van der Waals surface area contributed by atoms with Gasteiger partial charge in [-0.2, -0.15) is 0 Å². The maximum absolute atomic E-state index is 11.4. The van der Waals surface area contributed by atoms with Gasteiger partial charge in [0.25, 0.3) is 0 Å². The van der Waals surface area contributed by atoms with Gasteiger partial charge in [0.05, 0.1) is 4.58 Å². The van der Waals surface area contributed by atoms with Crippen molar-refractivity contribution < 1.29 is 4.21 Å². The summed E-state index contributed by atoms with van der Waals surface area (Å²) in [5, 5.41) is 0. The molecule has 0 spiro atoms. The van der Waals surface area contributed by atoms with Crippen LogP contribution >= 0.6 is 11.8 Å². The summed E-state index contributed by atoms with van der Waals surface area (Å²) in [5.41, 5.74) is 0. The Morgan fingerprint density at radius 2 is 2.20 bits per heavy atom. The van der Waals surface area contributed by atoms with E-state index < -0.39 is 10.8 Å². The highest BCUT2D eigenvalue weighted by atomic mass is 32.2. The first-order valence-electron chi connectivity index (χ1n) is 3.87. The quantitative estimate of drug-likeness (QED) is 0.604. The summed E-state index contributed by atoms with van der Waals surface area (Å²) >= 11 is 1.94. The van der Waals surface area contributed by atoms with E-state index in [4.69, 9.17) is 0 Å². The van der Waals surface area contributed by atoms with Crippen molar-refractivity contribution in [2.75, 3.05) is 11.5 Å². The number of thioether (sulfide) groups is 1. The first-order valence-corrected chi connectivity index (χ1v) is 6.30. The third kappa shape index (κ3) is 1.40. The summed E-state index contributed by atoms with van der Waals surface area (Å²) in [5.74, 6) is 3.03. The van der Waals surface area contributed by atoms with E-state index in [9.17, 15) is 4.21 Å². The highest BCUT2D eigenvalue weighted by Gasteiger charge is 2.36. The topological polar surface area (TPSA) is 17.1 Å². The van der Waals surface area contributed by atoms with Gasteiger partial charge in [0.15, 0.2) is 0 Å². The third-order valence-electron chi connectivity index (χ3n) is 2.04. The van der Waals surface area contributed by atoms with Gasteiger partial charge in [-0.15, -0.1) is 11.8 Å². The van der Waals surface area contributed by atoms with Crippen molar-refractivity contribution in [1.82, 2.24) is 0 Å². The molecule has 2 aliphatic rings. The minimum atomic E-state index is -0.483. The maximum atomic E-state index is 11.4. The van der Waals surface area contributed by atoms with Crippen molar-refractivity contribution in [3.05, 3.63) is 0 Å². The van der Waals surface area contributed by atoms with Crippen LogP contribution in [0.5, 0.6) is 0 Å². The molecule has 0 aromatic heterocycles. The Bertz CT molecular complexity index is 154. The van der Waals surface area contributed by atoms with Crippen molar-refractivity contribution in [2.45, 2.75) is 23.8 Å². The molecule has 58 valence electrons. The van der Waals surface area contributed by atoms with Gasteiger partial charge in [-0.1, -0.05) is 0 Å². The van der Waals surface area contributed by atoms with Crippen LogP contribution in [0.4, 0.5) is 0 Å². The maximum Gasteiger partial charge on any atom is 0.0829 e. The molecule has 0 amide bonds. The minimum Gasteiger partial charge on any atom is -0.258 e. The van der Waals surface area contributed by atoms with E-state index >= 15 is 0 Å². The predicted octanol–water partition coefficient (Wildman–Crippen LogP) is 1.61. The van der Waals surface area contributed by atoms with Crippen LogP contribution in [0.1, 0.15) is 19.3 Å². The Labute approximate surface area is 68.4 Å². The Kier molecular flexibility index (Phi) is 2.05. The van der Waals surface area contributed by atoms with Crippen molar-refractivity contribution >= 4 is 22.6 Å². The molecule has 2 fully saturated rings. The van der Waals surface area contributed by atoms with E-state index in [-0.39, 0.29) is 0 Å². The van der Waals surface area contributed by atoms with Gasteiger partial charge in [-0.05, 0) is 30.9 Å². The second-order valence-corrected chi connectivity index (χ2v) is 6.24. The zero-order valence-electron chi connectivity index (χ0n) is 5.91. The average Bonchev–Trinajstić information content (AvgIpc) is 2.71. The lowest BCUT2D eigenvalue weighted by atomic mass is 10.5. The molecule has 1 aliphatic carbocycles. The summed E-state index contributed by atoms with van der Waals surface area (Å²) in [6.07, 6.45) is 3.84. The Balaban J connectivity index is 1.96. The Hall–Kier alpha value is 0.500. The standard InChI is InChI=1S/C7H12OS2/c8-10-5-1-4-9-7(10)6-2-3-6/h6-7H,1-5H2/t7-,10-/m0/s1. The van der Waals surface area contributed by atoms with E-state index in [0.717, 1.165) is 11.7 Å². The van der Waals surface area contributed by atoms with E-state index in [1.807, 2.05) is 11.8 Å². The lowest BCUT2D eigenvalue weighted by Gasteiger charge is -2.19. The lowest BCUT2D eigenvalue weighted by Crippen LogP contribution is -2.21.